The molecule has 2 fully saturated rings. The van der Waals surface area contributed by atoms with Gasteiger partial charge < -0.3 is 0 Å². The Bertz CT molecular complexity index is 3880. The number of benzene rings is 3. The van der Waals surface area contributed by atoms with Crippen LogP contribution in [-0.2, 0) is 60.4 Å². The Kier molecular flexibility index (Phi) is 27.3. The molecule has 0 radical (unpaired) electrons. The summed E-state index contributed by atoms with van der Waals surface area (Å²) < 4.78 is 21.2. The second-order valence-electron chi connectivity index (χ2n) is 25.6. The third-order valence-corrected chi connectivity index (χ3v) is 17.2. The highest BCUT2D eigenvalue weighted by molar-refractivity contribution is 6.30. The molecule has 8 aromatic rings. The van der Waals surface area contributed by atoms with Crippen LogP contribution in [0.4, 0.5) is 4.39 Å². The minimum Gasteiger partial charge on any atom is -0.300 e. The Morgan fingerprint density at radius 1 is 0.433 bits per heavy atom. The van der Waals surface area contributed by atoms with Gasteiger partial charge in [0.15, 0.2) is 0 Å². The molecule has 2 aliphatic rings. The van der Waals surface area contributed by atoms with Gasteiger partial charge in [0.05, 0.1) is 12.9 Å². The number of hydrogen-bond donors (Lipinski definition) is 0. The molecule has 0 unspecified atom stereocenters. The molecule has 0 saturated heterocycles. The lowest BCUT2D eigenvalue weighted by Crippen LogP contribution is -2.26. The van der Waals surface area contributed by atoms with Crippen LogP contribution in [0.2, 0.25) is 5.02 Å². The first-order chi connectivity index (χ1) is 42.8. The van der Waals surface area contributed by atoms with Gasteiger partial charge in [0.2, 0.25) is 0 Å². The highest BCUT2D eigenvalue weighted by Gasteiger charge is 2.22. The smallest absolute Gasteiger partial charge is 0.257 e. The van der Waals surface area contributed by atoms with Gasteiger partial charge in [-0.05, 0) is 95.2 Å². The number of aryl methyl sites for hydroxylation is 2. The lowest BCUT2D eigenvalue weighted by atomic mass is 9.86. The second-order valence-corrected chi connectivity index (χ2v) is 26.1. The predicted octanol–water partition coefficient (Wildman–Crippen LogP) is 13.9. The Balaban J connectivity index is 0.000000179. The SMILES string of the molecule is CC(C)c1cnc(CCC2CC2)n(C)c1=O.CC(C)c1cnc(CCC2CCCCC2)n(C)c1=O.CC(C)c1cnc(Cc2ccc(F)cc2)n(C)c1=O.CC(C)c1cnc(Cc2ccccc2)n(C)c1=O.CC(C)c1cncn(Cc2ccc(Cl)cc2)c1=O. The Morgan fingerprint density at radius 2 is 0.789 bits per heavy atom. The molecular formula is C73H96ClFN10O5. The molecule has 0 bridgehead atoms. The number of halogens is 2. The van der Waals surface area contributed by atoms with Crippen molar-refractivity contribution in [1.82, 2.24) is 47.8 Å². The first-order valence-electron chi connectivity index (χ1n) is 32.1. The van der Waals surface area contributed by atoms with Crippen molar-refractivity contribution in [2.45, 2.75) is 189 Å². The molecule has 90 heavy (non-hydrogen) atoms. The summed E-state index contributed by atoms with van der Waals surface area (Å²) in [6.07, 6.45) is 25.2. The van der Waals surface area contributed by atoms with Crippen LogP contribution >= 0.6 is 11.6 Å². The molecule has 482 valence electrons. The Hall–Kier alpha value is -7.72. The maximum atomic E-state index is 12.8. The topological polar surface area (TPSA) is 174 Å². The maximum Gasteiger partial charge on any atom is 0.257 e. The van der Waals surface area contributed by atoms with E-state index in [4.69, 9.17) is 11.6 Å². The van der Waals surface area contributed by atoms with E-state index in [9.17, 15) is 28.4 Å². The van der Waals surface area contributed by atoms with Crippen LogP contribution < -0.4 is 27.8 Å². The molecule has 0 spiro atoms. The van der Waals surface area contributed by atoms with Gasteiger partial charge in [-0.2, -0.15) is 0 Å². The highest BCUT2D eigenvalue weighted by Crippen LogP contribution is 2.33. The van der Waals surface area contributed by atoms with Crippen LogP contribution in [0, 0.1) is 17.7 Å². The van der Waals surface area contributed by atoms with Gasteiger partial charge >= 0.3 is 0 Å². The predicted molar refractivity (Wildman–Crippen MR) is 362 cm³/mol. The average Bonchev–Trinajstić information content (AvgIpc) is 3.87. The molecule has 10 rings (SSSR count). The van der Waals surface area contributed by atoms with Crippen LogP contribution in [0.1, 0.15) is 224 Å². The summed E-state index contributed by atoms with van der Waals surface area (Å²) in [5.41, 5.74) is 7.32. The van der Waals surface area contributed by atoms with E-state index in [2.05, 4.69) is 24.9 Å². The van der Waals surface area contributed by atoms with Crippen molar-refractivity contribution >= 4 is 11.6 Å². The van der Waals surface area contributed by atoms with E-state index < -0.39 is 0 Å². The fourth-order valence-electron chi connectivity index (χ4n) is 10.6. The van der Waals surface area contributed by atoms with E-state index in [1.807, 2.05) is 138 Å². The van der Waals surface area contributed by atoms with Crippen molar-refractivity contribution in [3.63, 3.8) is 0 Å². The second kappa shape index (κ2) is 34.5. The summed E-state index contributed by atoms with van der Waals surface area (Å²) in [5.74, 6) is 5.88. The molecule has 2 saturated carbocycles. The third kappa shape index (κ3) is 20.9. The molecular weight excluding hydrogens is 1150 g/mol. The standard InChI is InChI=1S/C16H26N2O.C15H17FN2O.C15H18N2O.C14H15ClN2O.C13H20N2O/c1-12(2)14-11-17-15(18(3)16(14)19)10-9-13-7-5-4-6-8-13;1-10(2)13-9-17-14(18(3)15(13)19)8-11-4-6-12(16)7-5-11;1-11(2)13-10-16-14(17(3)15(13)18)9-12-7-5-4-6-8-12;1-10(2)13-7-16-9-17(14(13)18)8-11-3-5-12(15)6-4-11;1-9(2)11-8-14-12(15(3)13(11)16)7-6-10-4-5-10/h11-13H,4-10H2,1-3H3;4-7,9-10H,8H2,1-3H3;4-8,10-11H,9H2,1-3H3;3-7,9-10H,8H2,1-2H3;8-10H,4-7H2,1-3H3. The van der Waals surface area contributed by atoms with Crippen LogP contribution in [0.5, 0.6) is 0 Å². The van der Waals surface area contributed by atoms with Crippen molar-refractivity contribution in [2.75, 3.05) is 0 Å². The summed E-state index contributed by atoms with van der Waals surface area (Å²) in [7, 11) is 7.21. The minimum atomic E-state index is -0.263. The lowest BCUT2D eigenvalue weighted by Gasteiger charge is -2.21. The third-order valence-electron chi connectivity index (χ3n) is 16.9. The summed E-state index contributed by atoms with van der Waals surface area (Å²) in [5, 5.41) is 0.695. The molecule has 15 nitrogen and oxygen atoms in total. The first kappa shape index (κ1) is 71.4. The zero-order chi connectivity index (χ0) is 65.8. The molecule has 0 amide bonds. The number of nitrogens with zero attached hydrogens (tertiary/aromatic N) is 10. The average molecular weight is 1250 g/mol. The quantitative estimate of drug-likeness (QED) is 0.0853. The fourth-order valence-corrected chi connectivity index (χ4v) is 10.8. The largest absolute Gasteiger partial charge is 0.300 e. The molecule has 0 N–H and O–H groups in total. The number of rotatable bonds is 17. The van der Waals surface area contributed by atoms with Gasteiger partial charge in [-0.1, -0.05) is 180 Å². The zero-order valence-corrected chi connectivity index (χ0v) is 56.4. The molecule has 0 atom stereocenters. The molecule has 0 aliphatic heterocycles. The summed E-state index contributed by atoms with van der Waals surface area (Å²) in [6, 6.07) is 23.8. The molecule has 5 heterocycles. The van der Waals surface area contributed by atoms with Crippen molar-refractivity contribution in [1.29, 1.82) is 0 Å². The molecule has 2 aliphatic carbocycles. The van der Waals surface area contributed by atoms with Crippen molar-refractivity contribution < 1.29 is 4.39 Å². The van der Waals surface area contributed by atoms with Gasteiger partial charge in [0, 0.05) is 118 Å². The normalized spacial score (nSPS) is 13.1. The minimum absolute atomic E-state index is 0.0119. The summed E-state index contributed by atoms with van der Waals surface area (Å²) in [4.78, 5) is 82.5. The monoisotopic (exact) mass is 1250 g/mol. The van der Waals surface area contributed by atoms with Gasteiger partial charge in [-0.15, -0.1) is 0 Å². The Labute approximate surface area is 536 Å². The van der Waals surface area contributed by atoms with Crippen LogP contribution in [0.3, 0.4) is 0 Å². The number of aromatic nitrogens is 10. The van der Waals surface area contributed by atoms with E-state index in [1.165, 1.54) is 69.9 Å². The van der Waals surface area contributed by atoms with E-state index >= 15 is 0 Å². The van der Waals surface area contributed by atoms with Crippen LogP contribution in [-0.4, -0.2) is 47.8 Å². The first-order valence-corrected chi connectivity index (χ1v) is 32.5. The molecule has 5 aromatic heterocycles. The van der Waals surface area contributed by atoms with Crippen LogP contribution in [0.25, 0.3) is 0 Å². The van der Waals surface area contributed by atoms with Crippen LogP contribution in [0.15, 0.2) is 140 Å². The van der Waals surface area contributed by atoms with E-state index in [0.29, 0.717) is 35.8 Å². The van der Waals surface area contributed by atoms with E-state index in [0.717, 1.165) is 81.1 Å². The van der Waals surface area contributed by atoms with Gasteiger partial charge in [0.25, 0.3) is 27.8 Å². The van der Waals surface area contributed by atoms with Gasteiger partial charge in [-0.25, -0.2) is 29.3 Å². The summed E-state index contributed by atoms with van der Waals surface area (Å²) >= 11 is 5.83. The number of hydrogen-bond acceptors (Lipinski definition) is 10. The summed E-state index contributed by atoms with van der Waals surface area (Å²) in [6.45, 7) is 20.6. The maximum absolute atomic E-state index is 12.8. The highest BCUT2D eigenvalue weighted by atomic mass is 35.5. The van der Waals surface area contributed by atoms with Gasteiger partial charge in [-0.3, -0.25) is 46.8 Å². The Morgan fingerprint density at radius 3 is 1.19 bits per heavy atom. The van der Waals surface area contributed by atoms with E-state index in [1.54, 1.807) is 86.4 Å². The fraction of sp³-hybridized carbons (Fsp3) is 0.479. The van der Waals surface area contributed by atoms with Gasteiger partial charge in [0.1, 0.15) is 29.1 Å². The molecule has 3 aromatic carbocycles. The van der Waals surface area contributed by atoms with Crippen molar-refractivity contribution in [3.05, 3.63) is 247 Å². The lowest BCUT2D eigenvalue weighted by molar-refractivity contribution is 0.336. The zero-order valence-electron chi connectivity index (χ0n) is 55.7. The molecule has 17 heteroatoms. The van der Waals surface area contributed by atoms with Crippen molar-refractivity contribution in [3.8, 4) is 0 Å². The van der Waals surface area contributed by atoms with Crippen molar-refractivity contribution in [2.24, 2.45) is 40.0 Å². The van der Waals surface area contributed by atoms with E-state index in [-0.39, 0.29) is 63.2 Å².